The number of hydrogen-bond acceptors (Lipinski definition) is 8. The molecule has 2 heterocycles. The first-order valence-electron chi connectivity index (χ1n) is 7.63. The van der Waals surface area contributed by atoms with Crippen LogP contribution in [0.4, 0.5) is 5.69 Å². The molecule has 1 atom stereocenters. The molecule has 9 heteroatoms. The van der Waals surface area contributed by atoms with Crippen LogP contribution in [0.15, 0.2) is 34.1 Å². The maximum Gasteiger partial charge on any atom is 0.269 e. The van der Waals surface area contributed by atoms with Gasteiger partial charge in [-0.1, -0.05) is 0 Å². The van der Waals surface area contributed by atoms with Gasteiger partial charge in [-0.05, 0) is 33.0 Å². The second kappa shape index (κ2) is 7.08. The smallest absolute Gasteiger partial charge is 0.269 e. The highest BCUT2D eigenvalue weighted by atomic mass is 32.1. The minimum Gasteiger partial charge on any atom is -0.419 e. The number of non-ortho nitro benzene ring substituents is 1. The van der Waals surface area contributed by atoms with Gasteiger partial charge >= 0.3 is 0 Å². The van der Waals surface area contributed by atoms with Crippen molar-refractivity contribution in [3.8, 4) is 11.5 Å². The number of benzene rings is 1. The summed E-state index contributed by atoms with van der Waals surface area (Å²) in [5.74, 6) is 0.831. The van der Waals surface area contributed by atoms with Crippen LogP contribution in [0, 0.1) is 17.0 Å². The van der Waals surface area contributed by atoms with E-state index in [-0.39, 0.29) is 11.7 Å². The van der Waals surface area contributed by atoms with Gasteiger partial charge in [0.2, 0.25) is 11.8 Å². The van der Waals surface area contributed by atoms with Crippen LogP contribution >= 0.6 is 11.3 Å². The van der Waals surface area contributed by atoms with Gasteiger partial charge < -0.3 is 4.42 Å². The number of aryl methyl sites for hydroxylation is 1. The highest BCUT2D eigenvalue weighted by molar-refractivity contribution is 7.09. The molecule has 2 aromatic heterocycles. The summed E-state index contributed by atoms with van der Waals surface area (Å²) in [7, 11) is 1.97. The number of nitrogens with zero attached hydrogens (tertiary/aromatic N) is 5. The summed E-state index contributed by atoms with van der Waals surface area (Å²) in [4.78, 5) is 16.8. The first kappa shape index (κ1) is 17.2. The van der Waals surface area contributed by atoms with E-state index >= 15 is 0 Å². The summed E-state index contributed by atoms with van der Waals surface area (Å²) < 4.78 is 5.74. The van der Waals surface area contributed by atoms with Gasteiger partial charge in [0.05, 0.1) is 21.7 Å². The van der Waals surface area contributed by atoms with Crippen LogP contribution in [0.25, 0.3) is 11.5 Å². The molecule has 0 radical (unpaired) electrons. The third kappa shape index (κ3) is 3.89. The summed E-state index contributed by atoms with van der Waals surface area (Å²) in [6.07, 6.45) is 0. The van der Waals surface area contributed by atoms with E-state index in [4.69, 9.17) is 4.42 Å². The summed E-state index contributed by atoms with van der Waals surface area (Å²) in [6, 6.07) is 5.95. The molecule has 0 amide bonds. The molecule has 0 aliphatic heterocycles. The molecule has 0 saturated heterocycles. The average Bonchev–Trinajstić information content (AvgIpc) is 3.23. The van der Waals surface area contributed by atoms with Crippen LogP contribution in [0.1, 0.15) is 29.6 Å². The Balaban J connectivity index is 1.72. The predicted molar refractivity (Wildman–Crippen MR) is 93.1 cm³/mol. The second-order valence-corrected chi connectivity index (χ2v) is 6.76. The molecule has 25 heavy (non-hydrogen) atoms. The minimum atomic E-state index is -0.444. The highest BCUT2D eigenvalue weighted by Gasteiger charge is 2.20. The number of thiazole rings is 1. The molecule has 0 N–H and O–H groups in total. The molecule has 1 unspecified atom stereocenters. The Morgan fingerprint density at radius 1 is 1.32 bits per heavy atom. The van der Waals surface area contributed by atoms with Crippen LogP contribution < -0.4 is 0 Å². The molecule has 0 aliphatic carbocycles. The van der Waals surface area contributed by atoms with Crippen molar-refractivity contribution in [3.05, 3.63) is 56.4 Å². The zero-order chi connectivity index (χ0) is 18.0. The van der Waals surface area contributed by atoms with Gasteiger partial charge in [-0.2, -0.15) is 0 Å². The van der Waals surface area contributed by atoms with Crippen molar-refractivity contribution in [1.82, 2.24) is 20.1 Å². The lowest BCUT2D eigenvalue weighted by atomic mass is 10.2. The Bertz CT molecular complexity index is 874. The molecule has 1 aromatic carbocycles. The lowest BCUT2D eigenvalue weighted by Crippen LogP contribution is -2.22. The first-order valence-corrected chi connectivity index (χ1v) is 8.51. The number of hydrogen-bond donors (Lipinski definition) is 0. The zero-order valence-corrected chi connectivity index (χ0v) is 14.9. The van der Waals surface area contributed by atoms with Gasteiger partial charge in [0.1, 0.15) is 0 Å². The minimum absolute atomic E-state index is 0.0233. The van der Waals surface area contributed by atoms with Gasteiger partial charge in [-0.25, -0.2) is 4.98 Å². The second-order valence-electron chi connectivity index (χ2n) is 5.70. The number of nitro benzene ring substituents is 1. The van der Waals surface area contributed by atoms with Gasteiger partial charge in [0.25, 0.3) is 5.69 Å². The standard InChI is InChI=1S/C16H17N5O3S/c1-10(20(3)8-13-9-25-11(2)17-13)15-18-19-16(24-15)12-4-6-14(7-5-12)21(22)23/h4-7,9-10H,8H2,1-3H3. The molecule has 0 bridgehead atoms. The number of rotatable bonds is 6. The maximum atomic E-state index is 10.7. The Kier molecular flexibility index (Phi) is 4.86. The van der Waals surface area contributed by atoms with Crippen LogP contribution in [0.3, 0.4) is 0 Å². The molecule has 130 valence electrons. The molecule has 0 aliphatic rings. The van der Waals surface area contributed by atoms with Gasteiger partial charge in [-0.15, -0.1) is 21.5 Å². The van der Waals surface area contributed by atoms with Crippen LogP contribution in [-0.4, -0.2) is 32.1 Å². The predicted octanol–water partition coefficient (Wildman–Crippen LogP) is 3.60. The van der Waals surface area contributed by atoms with Crippen molar-refractivity contribution < 1.29 is 9.34 Å². The summed E-state index contributed by atoms with van der Waals surface area (Å²) in [6.45, 7) is 4.64. The Hall–Kier alpha value is -2.65. The van der Waals surface area contributed by atoms with Gasteiger partial charge in [-0.3, -0.25) is 15.0 Å². The van der Waals surface area contributed by atoms with E-state index in [1.807, 2.05) is 26.3 Å². The SMILES string of the molecule is Cc1nc(CN(C)C(C)c2nnc(-c3ccc([N+](=O)[O-])cc3)o2)cs1. The fraction of sp³-hybridized carbons (Fsp3) is 0.312. The van der Waals surface area contributed by atoms with Crippen molar-refractivity contribution in [2.75, 3.05) is 7.05 Å². The van der Waals surface area contributed by atoms with Crippen molar-refractivity contribution in [3.63, 3.8) is 0 Å². The van der Waals surface area contributed by atoms with E-state index in [1.54, 1.807) is 23.5 Å². The van der Waals surface area contributed by atoms with E-state index in [9.17, 15) is 10.1 Å². The van der Waals surface area contributed by atoms with Gasteiger partial charge in [0, 0.05) is 29.6 Å². The topological polar surface area (TPSA) is 98.2 Å². The fourth-order valence-electron chi connectivity index (χ4n) is 2.31. The fourth-order valence-corrected chi connectivity index (χ4v) is 2.91. The third-order valence-corrected chi connectivity index (χ3v) is 4.68. The molecular weight excluding hydrogens is 342 g/mol. The molecule has 8 nitrogen and oxygen atoms in total. The average molecular weight is 359 g/mol. The summed E-state index contributed by atoms with van der Waals surface area (Å²) in [5.41, 5.74) is 1.68. The molecule has 3 rings (SSSR count). The molecule has 0 spiro atoms. The normalized spacial score (nSPS) is 12.5. The zero-order valence-electron chi connectivity index (χ0n) is 14.0. The van der Waals surface area contributed by atoms with Crippen LogP contribution in [0.5, 0.6) is 0 Å². The van der Waals surface area contributed by atoms with Crippen molar-refractivity contribution in [1.29, 1.82) is 0 Å². The van der Waals surface area contributed by atoms with E-state index < -0.39 is 4.92 Å². The summed E-state index contributed by atoms with van der Waals surface area (Å²) >= 11 is 1.62. The summed E-state index contributed by atoms with van der Waals surface area (Å²) in [5, 5.41) is 21.9. The lowest BCUT2D eigenvalue weighted by molar-refractivity contribution is -0.384. The molecular formula is C16H17N5O3S. The van der Waals surface area contributed by atoms with Crippen molar-refractivity contribution in [2.45, 2.75) is 26.4 Å². The molecule has 3 aromatic rings. The van der Waals surface area contributed by atoms with E-state index in [0.717, 1.165) is 10.7 Å². The monoisotopic (exact) mass is 359 g/mol. The van der Waals surface area contributed by atoms with E-state index in [1.165, 1.54) is 12.1 Å². The van der Waals surface area contributed by atoms with Crippen LogP contribution in [-0.2, 0) is 6.54 Å². The van der Waals surface area contributed by atoms with Crippen molar-refractivity contribution in [2.24, 2.45) is 0 Å². The Morgan fingerprint density at radius 3 is 2.64 bits per heavy atom. The lowest BCUT2D eigenvalue weighted by Gasteiger charge is -2.20. The first-order chi connectivity index (χ1) is 11.9. The third-order valence-electron chi connectivity index (χ3n) is 3.86. The maximum absolute atomic E-state index is 10.7. The van der Waals surface area contributed by atoms with Crippen LogP contribution in [0.2, 0.25) is 0 Å². The Labute approximate surface area is 148 Å². The molecule has 0 fully saturated rings. The molecule has 0 saturated carbocycles. The van der Waals surface area contributed by atoms with E-state index in [0.29, 0.717) is 23.9 Å². The van der Waals surface area contributed by atoms with Gasteiger partial charge in [0.15, 0.2) is 0 Å². The number of nitro groups is 1. The van der Waals surface area contributed by atoms with E-state index in [2.05, 4.69) is 20.1 Å². The quantitative estimate of drug-likeness (QED) is 0.490. The highest BCUT2D eigenvalue weighted by Crippen LogP contribution is 2.25. The Morgan fingerprint density at radius 2 is 2.04 bits per heavy atom. The van der Waals surface area contributed by atoms with Crippen molar-refractivity contribution >= 4 is 17.0 Å². The largest absolute Gasteiger partial charge is 0.419 e. The number of aromatic nitrogens is 3.